The highest BCUT2D eigenvalue weighted by molar-refractivity contribution is 7.25. The molecule has 0 atom stereocenters. The minimum absolute atomic E-state index is 0.649. The third kappa shape index (κ3) is 4.99. The summed E-state index contributed by atoms with van der Waals surface area (Å²) >= 11 is 1.80. The number of nitrogens with zero attached hydrogens (tertiary/aromatic N) is 3. The Labute approximate surface area is 309 Å². The summed E-state index contributed by atoms with van der Waals surface area (Å²) in [5.74, 6) is 1.96. The van der Waals surface area contributed by atoms with Crippen LogP contribution in [0.5, 0.6) is 0 Å². The van der Waals surface area contributed by atoms with E-state index in [1.807, 2.05) is 0 Å². The Hall–Kier alpha value is -6.75. The van der Waals surface area contributed by atoms with Crippen LogP contribution < -0.4 is 0 Å². The van der Waals surface area contributed by atoms with Crippen molar-refractivity contribution >= 4 is 74.6 Å². The lowest BCUT2D eigenvalue weighted by Gasteiger charge is -2.11. The van der Waals surface area contributed by atoms with Gasteiger partial charge in [-0.25, -0.2) is 15.0 Å². The van der Waals surface area contributed by atoms with Crippen LogP contribution in [0.4, 0.5) is 0 Å². The quantitative estimate of drug-likeness (QED) is 0.172. The molecule has 0 bridgehead atoms. The van der Waals surface area contributed by atoms with Crippen LogP contribution in [0.15, 0.2) is 176 Å². The molecule has 11 rings (SSSR count). The Morgan fingerprint density at radius 2 is 0.774 bits per heavy atom. The van der Waals surface area contributed by atoms with Crippen molar-refractivity contribution in [1.29, 1.82) is 0 Å². The molecule has 0 fully saturated rings. The molecular formula is C49H29N3S. The molecular weight excluding hydrogens is 663 g/mol. The number of hydrogen-bond acceptors (Lipinski definition) is 4. The van der Waals surface area contributed by atoms with E-state index in [2.05, 4.69) is 176 Å². The first-order chi connectivity index (χ1) is 26.2. The molecule has 0 aliphatic rings. The zero-order valence-corrected chi connectivity index (χ0v) is 29.3. The van der Waals surface area contributed by atoms with E-state index in [0.29, 0.717) is 17.5 Å². The van der Waals surface area contributed by atoms with Crippen LogP contribution in [0.3, 0.4) is 0 Å². The van der Waals surface area contributed by atoms with Gasteiger partial charge in [-0.15, -0.1) is 11.3 Å². The van der Waals surface area contributed by atoms with E-state index in [4.69, 9.17) is 15.0 Å². The maximum Gasteiger partial charge on any atom is 0.164 e. The van der Waals surface area contributed by atoms with E-state index >= 15 is 0 Å². The number of hydrogen-bond donors (Lipinski definition) is 0. The Morgan fingerprint density at radius 1 is 0.283 bits per heavy atom. The van der Waals surface area contributed by atoms with Crippen molar-refractivity contribution in [3.8, 4) is 45.3 Å². The first-order valence-electron chi connectivity index (χ1n) is 17.8. The normalized spacial score (nSPS) is 11.8. The van der Waals surface area contributed by atoms with Crippen molar-refractivity contribution < 1.29 is 0 Å². The van der Waals surface area contributed by atoms with E-state index in [1.54, 1.807) is 11.3 Å². The zero-order valence-electron chi connectivity index (χ0n) is 28.5. The largest absolute Gasteiger partial charge is 0.208 e. The van der Waals surface area contributed by atoms with Crippen molar-refractivity contribution in [2.24, 2.45) is 0 Å². The molecule has 0 radical (unpaired) electrons. The molecule has 0 unspecified atom stereocenters. The molecule has 3 nitrogen and oxygen atoms in total. The van der Waals surface area contributed by atoms with Gasteiger partial charge in [0, 0.05) is 36.9 Å². The van der Waals surface area contributed by atoms with Crippen LogP contribution in [0.2, 0.25) is 0 Å². The summed E-state index contributed by atoms with van der Waals surface area (Å²) < 4.78 is 2.50. The fraction of sp³-hybridized carbons (Fsp3) is 0. The lowest BCUT2D eigenvalue weighted by Crippen LogP contribution is -2.00. The van der Waals surface area contributed by atoms with E-state index in [-0.39, 0.29) is 0 Å². The van der Waals surface area contributed by atoms with Gasteiger partial charge >= 0.3 is 0 Å². The van der Waals surface area contributed by atoms with Crippen LogP contribution in [0, 0.1) is 0 Å². The molecule has 0 aliphatic heterocycles. The van der Waals surface area contributed by atoms with Gasteiger partial charge in [0.05, 0.1) is 0 Å². The third-order valence-electron chi connectivity index (χ3n) is 10.5. The van der Waals surface area contributed by atoms with Gasteiger partial charge in [0.2, 0.25) is 0 Å². The predicted molar refractivity (Wildman–Crippen MR) is 224 cm³/mol. The molecule has 0 N–H and O–H groups in total. The summed E-state index contributed by atoms with van der Waals surface area (Å²) in [5, 5.41) is 12.4. The summed E-state index contributed by atoms with van der Waals surface area (Å²) in [6.45, 7) is 0. The Morgan fingerprint density at radius 3 is 1.55 bits per heavy atom. The molecule has 0 saturated carbocycles. The number of thiophene rings is 1. The van der Waals surface area contributed by atoms with Gasteiger partial charge in [0.15, 0.2) is 17.5 Å². The molecule has 2 heterocycles. The minimum atomic E-state index is 0.649. The SMILES string of the molecule is c1ccc2c(-c3ccc(-c4nc(-c5ccc6c(ccc7c8ccccc8ccc67)c5)nc(-c5ccc6c(c5)sc5ccccc56)n4)cc3)cccc2c1. The highest BCUT2D eigenvalue weighted by Gasteiger charge is 2.16. The van der Waals surface area contributed by atoms with E-state index < -0.39 is 0 Å². The number of fused-ring (bicyclic) bond motifs is 9. The third-order valence-corrected chi connectivity index (χ3v) is 11.6. The fourth-order valence-corrected chi connectivity index (χ4v) is 9.02. The zero-order chi connectivity index (χ0) is 34.9. The monoisotopic (exact) mass is 691 g/mol. The Balaban J connectivity index is 1.06. The highest BCUT2D eigenvalue weighted by atomic mass is 32.1. The molecule has 0 amide bonds. The van der Waals surface area contributed by atoms with Gasteiger partial charge in [-0.3, -0.25) is 0 Å². The first-order valence-corrected chi connectivity index (χ1v) is 18.7. The second-order valence-corrected chi connectivity index (χ2v) is 14.7. The molecule has 0 aliphatic carbocycles. The summed E-state index contributed by atoms with van der Waals surface area (Å²) in [5.41, 5.74) is 5.24. The van der Waals surface area contributed by atoms with Crippen molar-refractivity contribution in [1.82, 2.24) is 15.0 Å². The van der Waals surface area contributed by atoms with Gasteiger partial charge in [0.25, 0.3) is 0 Å². The lowest BCUT2D eigenvalue weighted by molar-refractivity contribution is 1.08. The van der Waals surface area contributed by atoms with Gasteiger partial charge in [-0.05, 0) is 72.4 Å². The van der Waals surface area contributed by atoms with Crippen LogP contribution in [0.25, 0.3) is 109 Å². The average Bonchev–Trinajstić information content (AvgIpc) is 3.61. The van der Waals surface area contributed by atoms with Crippen LogP contribution in [-0.2, 0) is 0 Å². The second kappa shape index (κ2) is 11.9. The predicted octanol–water partition coefficient (Wildman–Crippen LogP) is 13.5. The highest BCUT2D eigenvalue weighted by Crippen LogP contribution is 2.38. The number of aromatic nitrogens is 3. The molecule has 0 saturated heterocycles. The summed E-state index contributed by atoms with van der Waals surface area (Å²) in [6.07, 6.45) is 0. The molecule has 9 aromatic carbocycles. The van der Waals surface area contributed by atoms with Gasteiger partial charge in [-0.1, -0.05) is 158 Å². The van der Waals surface area contributed by atoms with Crippen molar-refractivity contribution in [3.63, 3.8) is 0 Å². The van der Waals surface area contributed by atoms with Crippen molar-refractivity contribution in [2.75, 3.05) is 0 Å². The van der Waals surface area contributed by atoms with E-state index in [0.717, 1.165) is 27.6 Å². The number of rotatable bonds is 4. The van der Waals surface area contributed by atoms with Gasteiger partial charge in [-0.2, -0.15) is 0 Å². The van der Waals surface area contributed by atoms with Gasteiger partial charge in [0.1, 0.15) is 0 Å². The maximum absolute atomic E-state index is 5.15. The van der Waals surface area contributed by atoms with E-state index in [9.17, 15) is 0 Å². The Bertz CT molecular complexity index is 3230. The summed E-state index contributed by atoms with van der Waals surface area (Å²) in [6, 6.07) is 62.9. The van der Waals surface area contributed by atoms with Crippen molar-refractivity contribution in [2.45, 2.75) is 0 Å². The standard InChI is InChI=1S/C49H29N3S/c1-3-11-37-30(8-1)10-7-14-38(37)32-16-18-33(19-17-32)47-50-48(52-49(51-47)36-23-27-44-43-13-5-6-15-45(43)53-46(44)29-36)35-22-24-40-34(28-35)21-26-41-39-12-4-2-9-31(39)20-25-42(40)41/h1-29H. The molecule has 4 heteroatoms. The topological polar surface area (TPSA) is 38.7 Å². The summed E-state index contributed by atoms with van der Waals surface area (Å²) in [7, 11) is 0. The van der Waals surface area contributed by atoms with Crippen molar-refractivity contribution in [3.05, 3.63) is 176 Å². The average molecular weight is 692 g/mol. The first kappa shape index (κ1) is 29.9. The molecule has 11 aromatic rings. The molecule has 53 heavy (non-hydrogen) atoms. The van der Waals surface area contributed by atoms with Gasteiger partial charge < -0.3 is 0 Å². The maximum atomic E-state index is 5.15. The van der Waals surface area contributed by atoms with E-state index in [1.165, 1.54) is 63.4 Å². The molecule has 2 aromatic heterocycles. The molecule has 246 valence electrons. The second-order valence-electron chi connectivity index (χ2n) is 13.6. The van der Waals surface area contributed by atoms with Crippen LogP contribution in [-0.4, -0.2) is 15.0 Å². The lowest BCUT2D eigenvalue weighted by atomic mass is 9.96. The summed E-state index contributed by atoms with van der Waals surface area (Å²) in [4.78, 5) is 15.4. The Kier molecular flexibility index (Phi) is 6.73. The molecule has 0 spiro atoms. The smallest absolute Gasteiger partial charge is 0.164 e. The number of benzene rings is 9. The van der Waals surface area contributed by atoms with Crippen LogP contribution >= 0.6 is 11.3 Å². The van der Waals surface area contributed by atoms with Crippen LogP contribution in [0.1, 0.15) is 0 Å². The minimum Gasteiger partial charge on any atom is -0.208 e. The fourth-order valence-electron chi connectivity index (χ4n) is 7.87.